The SMILES string of the molecule is COc1cc(NC(=O)c2ccc(NC3=N[C@@H]4CS(=O)(=O)C[C@H]4S3)cc2)cc(OC)c1OC. The molecule has 2 atom stereocenters. The number of rotatable bonds is 6. The first-order valence-electron chi connectivity index (χ1n) is 9.75. The topological polar surface area (TPSA) is 115 Å². The summed E-state index contributed by atoms with van der Waals surface area (Å²) in [6.45, 7) is 0. The van der Waals surface area contributed by atoms with Crippen molar-refractivity contribution in [3.63, 3.8) is 0 Å². The second-order valence-corrected chi connectivity index (χ2v) is 10.7. The number of nitrogens with one attached hydrogen (secondary N) is 2. The number of carbonyl (C=O) groups is 1. The van der Waals surface area contributed by atoms with Crippen LogP contribution in [0, 0.1) is 0 Å². The van der Waals surface area contributed by atoms with Gasteiger partial charge < -0.3 is 24.8 Å². The molecule has 0 bridgehead atoms. The molecule has 170 valence electrons. The summed E-state index contributed by atoms with van der Waals surface area (Å²) in [7, 11) is 1.55. The van der Waals surface area contributed by atoms with Crippen molar-refractivity contribution in [3.8, 4) is 17.2 Å². The molecule has 2 aliphatic rings. The van der Waals surface area contributed by atoms with Gasteiger partial charge in [0.1, 0.15) is 0 Å². The van der Waals surface area contributed by atoms with E-state index in [0.29, 0.717) is 33.7 Å². The summed E-state index contributed by atoms with van der Waals surface area (Å²) in [6, 6.07) is 10.1. The molecule has 32 heavy (non-hydrogen) atoms. The number of amides is 1. The van der Waals surface area contributed by atoms with Gasteiger partial charge in [-0.2, -0.15) is 0 Å². The van der Waals surface area contributed by atoms with Crippen LogP contribution in [-0.2, 0) is 9.84 Å². The Balaban J connectivity index is 1.42. The molecule has 2 aliphatic heterocycles. The summed E-state index contributed by atoms with van der Waals surface area (Å²) in [4.78, 5) is 17.2. The molecule has 2 N–H and O–H groups in total. The summed E-state index contributed by atoms with van der Waals surface area (Å²) in [6.07, 6.45) is 0. The highest BCUT2D eigenvalue weighted by Crippen LogP contribution is 2.40. The Bertz CT molecular complexity index is 1140. The molecule has 11 heteroatoms. The van der Waals surface area contributed by atoms with Gasteiger partial charge in [-0.25, -0.2) is 8.42 Å². The Morgan fingerprint density at radius 3 is 2.22 bits per heavy atom. The molecule has 0 unspecified atom stereocenters. The molecule has 1 amide bonds. The maximum atomic E-state index is 12.7. The highest BCUT2D eigenvalue weighted by Gasteiger charge is 2.42. The largest absolute Gasteiger partial charge is 0.493 e. The van der Waals surface area contributed by atoms with Gasteiger partial charge in [-0.05, 0) is 24.3 Å². The predicted molar refractivity (Wildman–Crippen MR) is 125 cm³/mol. The number of thioether (sulfide) groups is 1. The predicted octanol–water partition coefficient (Wildman–Crippen LogP) is 2.65. The third kappa shape index (κ3) is 4.63. The van der Waals surface area contributed by atoms with Gasteiger partial charge in [0.05, 0.1) is 38.9 Å². The number of aliphatic imine (C=N–C) groups is 1. The van der Waals surface area contributed by atoms with Crippen LogP contribution in [0.25, 0.3) is 0 Å². The van der Waals surface area contributed by atoms with Crippen LogP contribution >= 0.6 is 11.8 Å². The molecule has 0 spiro atoms. The Morgan fingerprint density at radius 1 is 1.00 bits per heavy atom. The number of nitrogens with zero attached hydrogens (tertiary/aromatic N) is 1. The van der Waals surface area contributed by atoms with Gasteiger partial charge in [0.2, 0.25) is 5.75 Å². The normalized spacial score (nSPS) is 20.8. The number of carbonyl (C=O) groups excluding carboxylic acids is 1. The fourth-order valence-corrected chi connectivity index (χ4v) is 7.28. The smallest absolute Gasteiger partial charge is 0.255 e. The molecule has 0 saturated carbocycles. The van der Waals surface area contributed by atoms with E-state index in [1.165, 1.54) is 33.1 Å². The minimum Gasteiger partial charge on any atom is -0.493 e. The number of methoxy groups -OCH3 is 3. The molecule has 0 aliphatic carbocycles. The second-order valence-electron chi connectivity index (χ2n) is 7.31. The zero-order valence-electron chi connectivity index (χ0n) is 17.7. The zero-order chi connectivity index (χ0) is 22.9. The molecule has 1 fully saturated rings. The molecule has 0 aromatic heterocycles. The number of fused-ring (bicyclic) bond motifs is 1. The summed E-state index contributed by atoms with van der Waals surface area (Å²) < 4.78 is 39.3. The minimum atomic E-state index is -2.98. The van der Waals surface area contributed by atoms with E-state index in [0.717, 1.165) is 5.69 Å². The second kappa shape index (κ2) is 8.91. The van der Waals surface area contributed by atoms with E-state index >= 15 is 0 Å². The van der Waals surface area contributed by atoms with Crippen molar-refractivity contribution in [1.29, 1.82) is 0 Å². The third-order valence-corrected chi connectivity index (χ3v) is 8.28. The molecule has 2 aromatic carbocycles. The van der Waals surface area contributed by atoms with E-state index in [9.17, 15) is 13.2 Å². The van der Waals surface area contributed by atoms with Crippen molar-refractivity contribution in [1.82, 2.24) is 0 Å². The molecule has 9 nitrogen and oxygen atoms in total. The molecular formula is C21H23N3O6S2. The average Bonchev–Trinajstić information content (AvgIpc) is 3.25. The van der Waals surface area contributed by atoms with E-state index in [1.54, 1.807) is 36.4 Å². The van der Waals surface area contributed by atoms with Crippen LogP contribution in [0.2, 0.25) is 0 Å². The van der Waals surface area contributed by atoms with Crippen LogP contribution in [0.15, 0.2) is 41.4 Å². The van der Waals surface area contributed by atoms with Crippen molar-refractivity contribution in [2.75, 3.05) is 43.5 Å². The fourth-order valence-electron chi connectivity index (χ4n) is 3.60. The van der Waals surface area contributed by atoms with Gasteiger partial charge in [-0.15, -0.1) is 0 Å². The van der Waals surface area contributed by atoms with Crippen LogP contribution in [-0.4, -0.2) is 63.6 Å². The minimum absolute atomic E-state index is 0.0222. The Morgan fingerprint density at radius 2 is 1.66 bits per heavy atom. The average molecular weight is 478 g/mol. The highest BCUT2D eigenvalue weighted by molar-refractivity contribution is 8.15. The van der Waals surface area contributed by atoms with E-state index in [1.807, 2.05) is 0 Å². The van der Waals surface area contributed by atoms with Crippen LogP contribution < -0.4 is 24.8 Å². The van der Waals surface area contributed by atoms with Gasteiger partial charge in [-0.3, -0.25) is 9.79 Å². The van der Waals surface area contributed by atoms with E-state index < -0.39 is 9.84 Å². The third-order valence-electron chi connectivity index (χ3n) is 5.14. The van der Waals surface area contributed by atoms with Crippen LogP contribution in [0.5, 0.6) is 17.2 Å². The fraction of sp³-hybridized carbons (Fsp3) is 0.333. The number of sulfone groups is 1. The van der Waals surface area contributed by atoms with Gasteiger partial charge >= 0.3 is 0 Å². The van der Waals surface area contributed by atoms with E-state index in [-0.39, 0.29) is 28.7 Å². The Hall–Kier alpha value is -2.92. The lowest BCUT2D eigenvalue weighted by Crippen LogP contribution is -2.13. The lowest BCUT2D eigenvalue weighted by Gasteiger charge is -2.14. The monoisotopic (exact) mass is 477 g/mol. The number of hydrogen-bond acceptors (Lipinski definition) is 9. The summed E-state index contributed by atoms with van der Waals surface area (Å²) in [5.74, 6) is 1.30. The summed E-state index contributed by atoms with van der Waals surface area (Å²) >= 11 is 1.45. The van der Waals surface area contributed by atoms with Gasteiger partial charge in [0.15, 0.2) is 26.5 Å². The Kier molecular flexibility index (Phi) is 6.20. The lowest BCUT2D eigenvalue weighted by atomic mass is 10.2. The summed E-state index contributed by atoms with van der Waals surface area (Å²) in [5, 5.41) is 6.70. The summed E-state index contributed by atoms with van der Waals surface area (Å²) in [5.41, 5.74) is 1.74. The van der Waals surface area contributed by atoms with Crippen LogP contribution in [0.4, 0.5) is 11.4 Å². The molecule has 0 radical (unpaired) electrons. The van der Waals surface area contributed by atoms with Gasteiger partial charge in [0, 0.05) is 34.3 Å². The first kappa shape index (κ1) is 22.3. The van der Waals surface area contributed by atoms with Gasteiger partial charge in [-0.1, -0.05) is 11.8 Å². The van der Waals surface area contributed by atoms with Gasteiger partial charge in [0.25, 0.3) is 5.91 Å². The Labute approximate surface area is 190 Å². The standard InChI is InChI=1S/C21H23N3O6S2/c1-28-16-8-14(9-17(29-2)19(16)30-3)22-20(25)12-4-6-13(7-5-12)23-21-24-15-10-32(26,27)11-18(15)31-21/h4-9,15,18H,10-11H2,1-3H3,(H,22,25)(H,23,24)/t15-,18-/m1/s1. The van der Waals surface area contributed by atoms with Crippen molar-refractivity contribution in [3.05, 3.63) is 42.0 Å². The van der Waals surface area contributed by atoms with Crippen molar-refractivity contribution >= 4 is 44.0 Å². The molecule has 2 aromatic rings. The molecular weight excluding hydrogens is 454 g/mol. The molecule has 1 saturated heterocycles. The zero-order valence-corrected chi connectivity index (χ0v) is 19.4. The molecule has 4 rings (SSSR count). The van der Waals surface area contributed by atoms with Crippen LogP contribution in [0.3, 0.4) is 0 Å². The maximum Gasteiger partial charge on any atom is 0.255 e. The maximum absolute atomic E-state index is 12.7. The highest BCUT2D eigenvalue weighted by atomic mass is 32.2. The van der Waals surface area contributed by atoms with E-state index in [4.69, 9.17) is 14.2 Å². The number of ether oxygens (including phenoxy) is 3. The van der Waals surface area contributed by atoms with Crippen molar-refractivity contribution in [2.45, 2.75) is 11.3 Å². The molecule has 2 heterocycles. The number of amidine groups is 1. The van der Waals surface area contributed by atoms with Crippen LogP contribution in [0.1, 0.15) is 10.4 Å². The van der Waals surface area contributed by atoms with Crippen molar-refractivity contribution in [2.24, 2.45) is 4.99 Å². The number of benzene rings is 2. The van der Waals surface area contributed by atoms with Crippen molar-refractivity contribution < 1.29 is 27.4 Å². The number of hydrogen-bond donors (Lipinski definition) is 2. The number of anilines is 2. The lowest BCUT2D eigenvalue weighted by molar-refractivity contribution is 0.102. The quantitative estimate of drug-likeness (QED) is 0.653. The first-order valence-corrected chi connectivity index (χ1v) is 12.5. The first-order chi connectivity index (χ1) is 15.3. The van der Waals surface area contributed by atoms with E-state index in [2.05, 4.69) is 15.6 Å².